The molecule has 0 spiro atoms. The molecule has 0 fully saturated rings. The van der Waals surface area contributed by atoms with E-state index in [1.165, 1.54) is 12.1 Å². The molecule has 7 nitrogen and oxygen atoms in total. The minimum atomic E-state index is -0.385. The van der Waals surface area contributed by atoms with Crippen LogP contribution >= 0.6 is 0 Å². The fraction of sp³-hybridized carbons (Fsp3) is 0.200. The number of Topliss-reactive ketones (excluding diaryl/α,β-unsaturated/α-hetero) is 1. The van der Waals surface area contributed by atoms with Crippen LogP contribution in [0.1, 0.15) is 36.3 Å². The molecule has 0 bridgehead atoms. The van der Waals surface area contributed by atoms with Crippen molar-refractivity contribution in [2.45, 2.75) is 25.2 Å². The van der Waals surface area contributed by atoms with Gasteiger partial charge in [-0.2, -0.15) is 0 Å². The van der Waals surface area contributed by atoms with E-state index >= 15 is 0 Å². The maximum absolute atomic E-state index is 13.4. The summed E-state index contributed by atoms with van der Waals surface area (Å²) in [6.45, 7) is 0. The smallest absolute Gasteiger partial charge is 0.228 e. The second-order valence-corrected chi connectivity index (χ2v) is 8.10. The van der Waals surface area contributed by atoms with E-state index in [2.05, 4.69) is 10.1 Å². The van der Waals surface area contributed by atoms with E-state index in [0.717, 1.165) is 17.7 Å². The average Bonchev–Trinajstić information content (AvgIpc) is 3.28. The molecule has 33 heavy (non-hydrogen) atoms. The molecule has 3 heterocycles. The third-order valence-electron chi connectivity index (χ3n) is 6.14. The number of benzene rings is 2. The second kappa shape index (κ2) is 7.51. The lowest BCUT2D eigenvalue weighted by atomic mass is 9.78. The Morgan fingerprint density at radius 2 is 1.88 bits per heavy atom. The van der Waals surface area contributed by atoms with Crippen LogP contribution in [-0.4, -0.2) is 32.5 Å². The van der Waals surface area contributed by atoms with Crippen molar-refractivity contribution < 1.29 is 18.7 Å². The maximum Gasteiger partial charge on any atom is 0.228 e. The second-order valence-electron chi connectivity index (χ2n) is 8.10. The minimum Gasteiger partial charge on any atom is -0.497 e. The zero-order chi connectivity index (χ0) is 22.5. The van der Waals surface area contributed by atoms with Crippen molar-refractivity contribution in [1.29, 1.82) is 0 Å². The fourth-order valence-electron chi connectivity index (χ4n) is 4.57. The first-order valence-corrected chi connectivity index (χ1v) is 10.7. The summed E-state index contributed by atoms with van der Waals surface area (Å²) in [6, 6.07) is 13.7. The monoisotopic (exact) mass is 442 g/mol. The van der Waals surface area contributed by atoms with Gasteiger partial charge in [0.25, 0.3) is 0 Å². The van der Waals surface area contributed by atoms with Gasteiger partial charge in [-0.05, 0) is 48.4 Å². The highest BCUT2D eigenvalue weighted by Crippen LogP contribution is 2.47. The molecule has 8 heteroatoms. The molecule has 6 rings (SSSR count). The van der Waals surface area contributed by atoms with Crippen molar-refractivity contribution in [3.8, 4) is 23.0 Å². The van der Waals surface area contributed by atoms with Gasteiger partial charge in [-0.1, -0.05) is 12.1 Å². The molecule has 0 unspecified atom stereocenters. The maximum atomic E-state index is 13.4. The van der Waals surface area contributed by atoms with Crippen LogP contribution in [0.3, 0.4) is 0 Å². The van der Waals surface area contributed by atoms with Gasteiger partial charge in [0.1, 0.15) is 23.7 Å². The molecule has 2 aliphatic rings. The summed E-state index contributed by atoms with van der Waals surface area (Å²) in [5.41, 5.74) is 3.49. The van der Waals surface area contributed by atoms with Crippen molar-refractivity contribution in [2.24, 2.45) is 0 Å². The Balaban J connectivity index is 1.58. The Morgan fingerprint density at radius 1 is 1.09 bits per heavy atom. The molecule has 0 saturated heterocycles. The molecular formula is C25H19FN4O3. The van der Waals surface area contributed by atoms with Gasteiger partial charge in [0.05, 0.1) is 12.7 Å². The molecule has 1 aliphatic heterocycles. The highest BCUT2D eigenvalue weighted by Gasteiger charge is 2.39. The molecule has 0 radical (unpaired) electrons. The first-order chi connectivity index (χ1) is 16.1. The first kappa shape index (κ1) is 19.6. The van der Waals surface area contributed by atoms with E-state index in [9.17, 15) is 9.18 Å². The van der Waals surface area contributed by atoms with E-state index in [1.807, 2.05) is 24.3 Å². The first-order valence-electron chi connectivity index (χ1n) is 10.7. The Morgan fingerprint density at radius 3 is 2.64 bits per heavy atom. The fourth-order valence-corrected chi connectivity index (χ4v) is 4.57. The molecule has 1 atom stereocenters. The predicted molar refractivity (Wildman–Crippen MR) is 118 cm³/mol. The number of allylic oxidation sites excluding steroid dienone is 2. The highest BCUT2D eigenvalue weighted by atomic mass is 19.1. The average molecular weight is 442 g/mol. The Kier molecular flexibility index (Phi) is 4.46. The lowest BCUT2D eigenvalue weighted by Crippen LogP contribution is -2.26. The zero-order valence-electron chi connectivity index (χ0n) is 17.8. The normalized spacial score (nSPS) is 17.5. The van der Waals surface area contributed by atoms with Gasteiger partial charge in [-0.25, -0.2) is 18.9 Å². The number of ether oxygens (including phenoxy) is 2. The zero-order valence-corrected chi connectivity index (χ0v) is 17.8. The number of hydrogen-bond donors (Lipinski definition) is 0. The largest absolute Gasteiger partial charge is 0.497 e. The summed E-state index contributed by atoms with van der Waals surface area (Å²) in [5.74, 6) is 1.63. The number of ketones is 1. The Bertz CT molecular complexity index is 1420. The third-order valence-corrected chi connectivity index (χ3v) is 6.14. The lowest BCUT2D eigenvalue weighted by molar-refractivity contribution is -0.116. The number of methoxy groups -OCH3 is 1. The topological polar surface area (TPSA) is 78.6 Å². The molecule has 2 aromatic carbocycles. The van der Waals surface area contributed by atoms with Crippen LogP contribution in [0, 0.1) is 5.82 Å². The van der Waals surface area contributed by atoms with Crippen molar-refractivity contribution in [3.63, 3.8) is 0 Å². The molecule has 164 valence electrons. The van der Waals surface area contributed by atoms with E-state index in [1.54, 1.807) is 30.1 Å². The number of carbonyl (C=O) groups is 1. The van der Waals surface area contributed by atoms with Crippen molar-refractivity contribution in [1.82, 2.24) is 19.6 Å². The van der Waals surface area contributed by atoms with Crippen molar-refractivity contribution in [2.75, 3.05) is 7.11 Å². The van der Waals surface area contributed by atoms with Crippen LogP contribution in [0.5, 0.6) is 11.6 Å². The SMILES string of the molecule is COc1ccc([C@H]2C3=C(CCCC3=O)Oc3ncn4nc(-c5ccc(F)cc5)nc4c32)cc1. The molecule has 4 aromatic rings. The van der Waals surface area contributed by atoms with Gasteiger partial charge in [0.2, 0.25) is 5.88 Å². The summed E-state index contributed by atoms with van der Waals surface area (Å²) < 4.78 is 26.4. The van der Waals surface area contributed by atoms with Crippen LogP contribution in [0.4, 0.5) is 4.39 Å². The number of carbonyl (C=O) groups excluding carboxylic acids is 1. The summed E-state index contributed by atoms with van der Waals surface area (Å²) in [5, 5.41) is 4.54. The summed E-state index contributed by atoms with van der Waals surface area (Å²) >= 11 is 0. The van der Waals surface area contributed by atoms with Gasteiger partial charge in [0, 0.05) is 29.9 Å². The van der Waals surface area contributed by atoms with Gasteiger partial charge in [-0.3, -0.25) is 4.79 Å². The lowest BCUT2D eigenvalue weighted by Gasteiger charge is -2.32. The Hall–Kier alpha value is -4.07. The van der Waals surface area contributed by atoms with Crippen LogP contribution in [0.15, 0.2) is 66.2 Å². The van der Waals surface area contributed by atoms with Crippen molar-refractivity contribution >= 4 is 11.4 Å². The van der Waals surface area contributed by atoms with Gasteiger partial charge >= 0.3 is 0 Å². The molecule has 0 saturated carbocycles. The number of hydrogen-bond acceptors (Lipinski definition) is 6. The molecule has 1 aliphatic carbocycles. The quantitative estimate of drug-likeness (QED) is 0.466. The molecular weight excluding hydrogens is 423 g/mol. The van der Waals surface area contributed by atoms with Crippen LogP contribution in [0.2, 0.25) is 0 Å². The summed E-state index contributed by atoms with van der Waals surface area (Å²) in [4.78, 5) is 22.3. The molecule has 0 N–H and O–H groups in total. The van der Waals surface area contributed by atoms with Crippen LogP contribution in [-0.2, 0) is 4.79 Å². The van der Waals surface area contributed by atoms with Gasteiger partial charge in [0.15, 0.2) is 17.3 Å². The third kappa shape index (κ3) is 3.17. The summed E-state index contributed by atoms with van der Waals surface area (Å²) in [6.07, 6.45) is 3.47. The van der Waals surface area contributed by atoms with E-state index in [-0.39, 0.29) is 17.5 Å². The minimum absolute atomic E-state index is 0.0722. The van der Waals surface area contributed by atoms with E-state index in [0.29, 0.717) is 52.7 Å². The van der Waals surface area contributed by atoms with E-state index < -0.39 is 0 Å². The number of aromatic nitrogens is 4. The standard InChI is InChI=1S/C25H19FN4O3/c1-32-17-11-7-14(8-12-17)20-21-18(31)3-2-4-19(21)33-25-22(20)24-28-23(29-30(24)13-27-25)15-5-9-16(26)10-6-15/h5-13,20H,2-4H2,1H3/t20-/m0/s1. The van der Waals surface area contributed by atoms with Gasteiger partial charge < -0.3 is 9.47 Å². The number of rotatable bonds is 3. The molecule has 2 aromatic heterocycles. The van der Waals surface area contributed by atoms with Crippen molar-refractivity contribution in [3.05, 3.63) is 83.1 Å². The van der Waals surface area contributed by atoms with Gasteiger partial charge in [-0.15, -0.1) is 5.10 Å². The van der Waals surface area contributed by atoms with E-state index in [4.69, 9.17) is 14.5 Å². The van der Waals surface area contributed by atoms with Crippen LogP contribution < -0.4 is 9.47 Å². The summed E-state index contributed by atoms with van der Waals surface area (Å²) in [7, 11) is 1.62. The highest BCUT2D eigenvalue weighted by molar-refractivity contribution is 6.00. The number of nitrogens with zero attached hydrogens (tertiary/aromatic N) is 4. The van der Waals surface area contributed by atoms with Crippen LogP contribution in [0.25, 0.3) is 17.0 Å². The number of fused-ring (bicyclic) bond motifs is 3. The predicted octanol–water partition coefficient (Wildman–Crippen LogP) is 4.47. The number of halogens is 1. The Labute approximate surface area is 188 Å². The molecule has 0 amide bonds.